The van der Waals surface area contributed by atoms with E-state index < -0.39 is 0 Å². The van der Waals surface area contributed by atoms with Crippen LogP contribution in [0.15, 0.2) is 33.2 Å². The molecule has 0 aliphatic heterocycles. The summed E-state index contributed by atoms with van der Waals surface area (Å²) in [6, 6.07) is 8.24. The Hall–Kier alpha value is 0.570. The quantitative estimate of drug-likeness (QED) is 0.578. The lowest BCUT2D eigenvalue weighted by molar-refractivity contribution is 0.881. The molecule has 2 aromatic rings. The van der Waals surface area contributed by atoms with E-state index in [4.69, 9.17) is 5.73 Å². The minimum absolute atomic E-state index is 0.0764. The van der Waals surface area contributed by atoms with Crippen LogP contribution < -0.4 is 5.73 Å². The van der Waals surface area contributed by atoms with Gasteiger partial charge in [-0.1, -0.05) is 15.9 Å². The fraction of sp³-hybridized carbons (Fsp3) is 0.167. The SMILES string of the molecule is Cc1cc(Br)c(C(N)c2cc(Br)ccc2I)s1. The van der Waals surface area contributed by atoms with E-state index in [0.717, 1.165) is 14.5 Å². The second-order valence-electron chi connectivity index (χ2n) is 3.71. The van der Waals surface area contributed by atoms with Crippen LogP contribution in [0.5, 0.6) is 0 Å². The van der Waals surface area contributed by atoms with E-state index in [0.29, 0.717) is 0 Å². The molecule has 2 N–H and O–H groups in total. The molecule has 1 aromatic carbocycles. The summed E-state index contributed by atoms with van der Waals surface area (Å²) in [5, 5.41) is 0. The molecule has 0 aliphatic rings. The van der Waals surface area contributed by atoms with Crippen molar-refractivity contribution in [1.82, 2.24) is 0 Å². The average molecular weight is 487 g/mol. The molecule has 1 nitrogen and oxygen atoms in total. The smallest absolute Gasteiger partial charge is 0.0668 e. The van der Waals surface area contributed by atoms with Crippen LogP contribution in [-0.4, -0.2) is 0 Å². The Balaban J connectivity index is 2.46. The standard InChI is InChI=1S/C12H10Br2INS/c1-6-4-9(14)12(17-6)11(16)8-5-7(13)2-3-10(8)15/h2-5,11H,16H2,1H3. The van der Waals surface area contributed by atoms with E-state index in [2.05, 4.69) is 79.6 Å². The molecule has 1 unspecified atom stereocenters. The third-order valence-electron chi connectivity index (χ3n) is 2.41. The van der Waals surface area contributed by atoms with Gasteiger partial charge in [0.2, 0.25) is 0 Å². The number of benzene rings is 1. The van der Waals surface area contributed by atoms with Crippen molar-refractivity contribution < 1.29 is 0 Å². The van der Waals surface area contributed by atoms with E-state index in [1.807, 2.05) is 6.07 Å². The largest absolute Gasteiger partial charge is 0.320 e. The summed E-state index contributed by atoms with van der Waals surface area (Å²) in [6.45, 7) is 2.09. The predicted octanol–water partition coefficient (Wildman–Crippen LogP) is 5.23. The van der Waals surface area contributed by atoms with Crippen LogP contribution in [0.1, 0.15) is 21.4 Å². The number of thiophene rings is 1. The van der Waals surface area contributed by atoms with Crippen LogP contribution in [0.25, 0.3) is 0 Å². The summed E-state index contributed by atoms with van der Waals surface area (Å²) < 4.78 is 3.35. The van der Waals surface area contributed by atoms with Crippen LogP contribution in [-0.2, 0) is 0 Å². The average Bonchev–Trinajstić information content (AvgIpc) is 2.60. The topological polar surface area (TPSA) is 26.0 Å². The zero-order chi connectivity index (χ0) is 12.6. The Labute approximate surface area is 135 Å². The molecule has 0 bridgehead atoms. The van der Waals surface area contributed by atoms with Gasteiger partial charge in [-0.2, -0.15) is 0 Å². The molecule has 2 rings (SSSR count). The van der Waals surface area contributed by atoms with Crippen molar-refractivity contribution >= 4 is 65.8 Å². The molecule has 0 fully saturated rings. The summed E-state index contributed by atoms with van der Waals surface area (Å²) in [5.41, 5.74) is 7.51. The zero-order valence-corrected chi connectivity index (χ0v) is 15.2. The van der Waals surface area contributed by atoms with E-state index in [-0.39, 0.29) is 6.04 Å². The predicted molar refractivity (Wildman–Crippen MR) is 89.6 cm³/mol. The third-order valence-corrected chi connectivity index (χ3v) is 5.94. The van der Waals surface area contributed by atoms with Crippen LogP contribution in [0, 0.1) is 10.5 Å². The summed E-state index contributed by atoms with van der Waals surface area (Å²) in [5.74, 6) is 0. The molecule has 1 heterocycles. The molecule has 5 heteroatoms. The number of rotatable bonds is 2. The molecule has 1 atom stereocenters. The lowest BCUT2D eigenvalue weighted by Gasteiger charge is -2.13. The first-order valence-corrected chi connectivity index (χ1v) is 8.43. The van der Waals surface area contributed by atoms with Gasteiger partial charge < -0.3 is 5.73 Å². The fourth-order valence-corrected chi connectivity index (χ4v) is 4.58. The van der Waals surface area contributed by atoms with Crippen molar-refractivity contribution in [1.29, 1.82) is 0 Å². The Morgan fingerprint density at radius 2 is 2.00 bits per heavy atom. The van der Waals surface area contributed by atoms with Crippen molar-refractivity contribution in [3.05, 3.63) is 52.1 Å². The molecular formula is C12H10Br2INS. The van der Waals surface area contributed by atoms with Gasteiger partial charge in [0, 0.05) is 22.3 Å². The van der Waals surface area contributed by atoms with E-state index in [9.17, 15) is 0 Å². The number of hydrogen-bond acceptors (Lipinski definition) is 2. The summed E-state index contributed by atoms with van der Waals surface area (Å²) in [7, 11) is 0. The Kier molecular flexibility index (Phi) is 4.68. The van der Waals surface area contributed by atoms with Gasteiger partial charge in [0.1, 0.15) is 0 Å². The highest BCUT2D eigenvalue weighted by atomic mass is 127. The van der Waals surface area contributed by atoms with Gasteiger partial charge in [-0.05, 0) is 75.3 Å². The zero-order valence-electron chi connectivity index (χ0n) is 9.01. The van der Waals surface area contributed by atoms with Crippen LogP contribution in [0.2, 0.25) is 0 Å². The number of halogens is 3. The second kappa shape index (κ2) is 5.69. The number of aryl methyl sites for hydroxylation is 1. The molecule has 0 amide bonds. The van der Waals surface area contributed by atoms with Gasteiger partial charge in [-0.15, -0.1) is 11.3 Å². The first-order valence-electron chi connectivity index (χ1n) is 4.95. The highest BCUT2D eigenvalue weighted by Crippen LogP contribution is 2.36. The molecule has 0 spiro atoms. The maximum Gasteiger partial charge on any atom is 0.0668 e. The van der Waals surface area contributed by atoms with Gasteiger partial charge in [-0.25, -0.2) is 0 Å². The van der Waals surface area contributed by atoms with Crippen molar-refractivity contribution in [2.75, 3.05) is 0 Å². The van der Waals surface area contributed by atoms with E-state index >= 15 is 0 Å². The molecule has 1 aromatic heterocycles. The van der Waals surface area contributed by atoms with Crippen molar-refractivity contribution in [3.63, 3.8) is 0 Å². The van der Waals surface area contributed by atoms with Crippen LogP contribution in [0.4, 0.5) is 0 Å². The number of hydrogen-bond donors (Lipinski definition) is 1. The van der Waals surface area contributed by atoms with Gasteiger partial charge in [-0.3, -0.25) is 0 Å². The first kappa shape index (κ1) is 14.0. The molecule has 0 saturated heterocycles. The second-order valence-corrected chi connectivity index (χ2v) is 7.93. The van der Waals surface area contributed by atoms with Crippen LogP contribution >= 0.6 is 65.8 Å². The highest BCUT2D eigenvalue weighted by molar-refractivity contribution is 14.1. The fourth-order valence-electron chi connectivity index (χ4n) is 1.61. The molecule has 0 saturated carbocycles. The summed E-state index contributed by atoms with van der Waals surface area (Å²) in [4.78, 5) is 2.45. The van der Waals surface area contributed by atoms with Crippen molar-refractivity contribution in [3.8, 4) is 0 Å². The summed E-state index contributed by atoms with van der Waals surface area (Å²) in [6.07, 6.45) is 0. The maximum absolute atomic E-state index is 6.35. The third kappa shape index (κ3) is 3.12. The lowest BCUT2D eigenvalue weighted by Crippen LogP contribution is -2.12. The first-order chi connectivity index (χ1) is 7.99. The number of nitrogens with two attached hydrogens (primary N) is 1. The van der Waals surface area contributed by atoms with Gasteiger partial charge in [0.15, 0.2) is 0 Å². The van der Waals surface area contributed by atoms with E-state index in [1.165, 1.54) is 13.3 Å². The molecule has 0 radical (unpaired) electrons. The normalized spacial score (nSPS) is 12.8. The highest BCUT2D eigenvalue weighted by Gasteiger charge is 2.17. The minimum Gasteiger partial charge on any atom is -0.320 e. The molecule has 90 valence electrons. The monoisotopic (exact) mass is 485 g/mol. The molecule has 17 heavy (non-hydrogen) atoms. The molecular weight excluding hydrogens is 477 g/mol. The summed E-state index contributed by atoms with van der Waals surface area (Å²) >= 11 is 11.1. The Morgan fingerprint density at radius 3 is 2.59 bits per heavy atom. The molecule has 0 aliphatic carbocycles. The van der Waals surface area contributed by atoms with Crippen LogP contribution in [0.3, 0.4) is 0 Å². The van der Waals surface area contributed by atoms with E-state index in [1.54, 1.807) is 11.3 Å². The van der Waals surface area contributed by atoms with Crippen molar-refractivity contribution in [2.24, 2.45) is 5.73 Å². The van der Waals surface area contributed by atoms with Gasteiger partial charge in [0.25, 0.3) is 0 Å². The lowest BCUT2D eigenvalue weighted by atomic mass is 10.1. The van der Waals surface area contributed by atoms with Gasteiger partial charge >= 0.3 is 0 Å². The Bertz CT molecular complexity index is 553. The minimum atomic E-state index is -0.0764. The Morgan fingerprint density at radius 1 is 1.29 bits per heavy atom. The van der Waals surface area contributed by atoms with Gasteiger partial charge in [0.05, 0.1) is 6.04 Å². The van der Waals surface area contributed by atoms with Crippen molar-refractivity contribution in [2.45, 2.75) is 13.0 Å². The maximum atomic E-state index is 6.35.